The van der Waals surface area contributed by atoms with E-state index in [-0.39, 0.29) is 36.6 Å². The van der Waals surface area contributed by atoms with Crippen LogP contribution in [-0.4, -0.2) is 73.2 Å². The molecule has 4 N–H and O–H groups in total. The zero-order valence-electron chi connectivity index (χ0n) is 32.9. The third-order valence-corrected chi connectivity index (χ3v) is 10.4. The first-order valence-corrected chi connectivity index (χ1v) is 20.1. The van der Waals surface area contributed by atoms with Gasteiger partial charge in [-0.15, -0.1) is 0 Å². The summed E-state index contributed by atoms with van der Waals surface area (Å²) >= 11 is 0. The number of amides is 2. The molecule has 0 atom stereocenters. The zero-order valence-corrected chi connectivity index (χ0v) is 32.9. The van der Waals surface area contributed by atoms with Crippen LogP contribution in [0.25, 0.3) is 22.3 Å². The number of likely N-dealkylation sites (tertiary alicyclic amines) is 1. The minimum atomic E-state index is -0.415. The van der Waals surface area contributed by atoms with Crippen molar-refractivity contribution in [3.05, 3.63) is 169 Å². The van der Waals surface area contributed by atoms with Gasteiger partial charge in [-0.3, -0.25) is 9.59 Å². The molecule has 0 bridgehead atoms. The van der Waals surface area contributed by atoms with Crippen molar-refractivity contribution < 1.29 is 24.2 Å². The summed E-state index contributed by atoms with van der Waals surface area (Å²) in [5.41, 5.74) is 7.39. The van der Waals surface area contributed by atoms with Gasteiger partial charge in [0.1, 0.15) is 11.9 Å². The van der Waals surface area contributed by atoms with Gasteiger partial charge < -0.3 is 30.7 Å². The molecule has 1 aliphatic heterocycles. The highest BCUT2D eigenvalue weighted by molar-refractivity contribution is 6.04. The van der Waals surface area contributed by atoms with E-state index in [0.29, 0.717) is 37.2 Å². The molecule has 0 aromatic heterocycles. The topological polar surface area (TPSA) is 123 Å². The van der Waals surface area contributed by atoms with Gasteiger partial charge in [0.25, 0.3) is 0 Å². The van der Waals surface area contributed by atoms with Crippen LogP contribution in [0.15, 0.2) is 158 Å². The van der Waals surface area contributed by atoms with E-state index in [0.717, 1.165) is 58.8 Å². The fourth-order valence-corrected chi connectivity index (χ4v) is 7.28. The second kappa shape index (κ2) is 20.2. The van der Waals surface area contributed by atoms with Crippen molar-refractivity contribution in [1.82, 2.24) is 15.5 Å². The normalized spacial score (nSPS) is 13.1. The number of rotatable bonds is 16. The number of nitrogens with zero attached hydrogens (tertiary/aromatic N) is 2. The van der Waals surface area contributed by atoms with Gasteiger partial charge in [-0.05, 0) is 65.9 Å². The van der Waals surface area contributed by atoms with E-state index < -0.39 is 6.09 Å². The van der Waals surface area contributed by atoms with Crippen molar-refractivity contribution in [2.24, 2.45) is 0 Å². The number of carbonyl (C=O) groups excluding carboxylic acids is 3. The second-order valence-corrected chi connectivity index (χ2v) is 14.5. The number of phenols is 1. The largest absolute Gasteiger partial charge is 0.508 e. The molecule has 300 valence electrons. The lowest BCUT2D eigenvalue weighted by Gasteiger charge is -2.34. The summed E-state index contributed by atoms with van der Waals surface area (Å²) in [5.74, 6) is -0.0888. The van der Waals surface area contributed by atoms with E-state index in [1.165, 1.54) is 0 Å². The number of piperidine rings is 1. The number of benzene rings is 6. The van der Waals surface area contributed by atoms with E-state index in [1.807, 2.05) is 84.9 Å². The fraction of sp³-hybridized carbons (Fsp3) is 0.204. The van der Waals surface area contributed by atoms with E-state index in [9.17, 15) is 19.5 Å². The highest BCUT2D eigenvalue weighted by atomic mass is 16.6. The Kier molecular flexibility index (Phi) is 13.9. The van der Waals surface area contributed by atoms with Gasteiger partial charge in [0.2, 0.25) is 5.91 Å². The van der Waals surface area contributed by atoms with Crippen LogP contribution in [0.1, 0.15) is 28.8 Å². The van der Waals surface area contributed by atoms with Crippen LogP contribution in [0, 0.1) is 0 Å². The van der Waals surface area contributed by atoms with Crippen LogP contribution in [-0.2, 0) is 16.1 Å². The maximum Gasteiger partial charge on any atom is 0.419 e. The van der Waals surface area contributed by atoms with Crippen molar-refractivity contribution in [1.29, 1.82) is 0 Å². The molecular weight excluding hydrogens is 739 g/mol. The number of aromatic hydroxyl groups is 1. The van der Waals surface area contributed by atoms with Crippen LogP contribution in [0.3, 0.4) is 0 Å². The second-order valence-electron chi connectivity index (χ2n) is 14.5. The molecule has 0 aliphatic carbocycles. The summed E-state index contributed by atoms with van der Waals surface area (Å²) in [4.78, 5) is 44.0. The molecular formula is C49H49N5O5. The molecule has 0 unspecified atom stereocenters. The number of carbonyl (C=O) groups is 3. The molecule has 1 fully saturated rings. The molecule has 0 saturated carbocycles. The third-order valence-electron chi connectivity index (χ3n) is 10.4. The van der Waals surface area contributed by atoms with Crippen molar-refractivity contribution in [2.45, 2.75) is 25.5 Å². The number of hydrogen-bond acceptors (Lipinski definition) is 8. The molecule has 1 saturated heterocycles. The summed E-state index contributed by atoms with van der Waals surface area (Å²) in [7, 11) is 0. The number of hydrogen-bond donors (Lipinski definition) is 4. The third kappa shape index (κ3) is 11.1. The summed E-state index contributed by atoms with van der Waals surface area (Å²) in [5, 5.41) is 18.6. The number of Topliss-reactive ketones (excluding diaryl/α,β-unsaturated/α-hetero) is 1. The maximum atomic E-state index is 14.4. The maximum absolute atomic E-state index is 14.4. The highest BCUT2D eigenvalue weighted by Crippen LogP contribution is 2.40. The van der Waals surface area contributed by atoms with Crippen molar-refractivity contribution in [3.8, 4) is 28.0 Å². The molecule has 0 spiro atoms. The molecule has 6 aromatic carbocycles. The Balaban J connectivity index is 0.905. The summed E-state index contributed by atoms with van der Waals surface area (Å²) in [6, 6.07) is 49.8. The average Bonchev–Trinajstić information content (AvgIpc) is 3.27. The Labute approximate surface area is 345 Å². The Hall–Kier alpha value is -6.59. The molecule has 59 heavy (non-hydrogen) atoms. The van der Waals surface area contributed by atoms with Gasteiger partial charge in [0, 0.05) is 55.1 Å². The van der Waals surface area contributed by atoms with Crippen LogP contribution in [0.4, 0.5) is 21.9 Å². The van der Waals surface area contributed by atoms with E-state index in [1.54, 1.807) is 53.4 Å². The monoisotopic (exact) mass is 787 g/mol. The summed E-state index contributed by atoms with van der Waals surface area (Å²) in [6.07, 6.45) is 0.737. The van der Waals surface area contributed by atoms with Crippen LogP contribution < -0.4 is 20.9 Å². The van der Waals surface area contributed by atoms with Gasteiger partial charge in [-0.1, -0.05) is 121 Å². The Morgan fingerprint density at radius 3 is 1.88 bits per heavy atom. The fourth-order valence-electron chi connectivity index (χ4n) is 7.28. The first-order chi connectivity index (χ1) is 28.9. The zero-order chi connectivity index (χ0) is 40.8. The number of phenolic OH excluding ortho intramolecular Hbond substituents is 1. The Morgan fingerprint density at radius 2 is 1.25 bits per heavy atom. The quantitative estimate of drug-likeness (QED) is 0.0568. The Morgan fingerprint density at radius 1 is 0.661 bits per heavy atom. The van der Waals surface area contributed by atoms with Crippen LogP contribution in [0.5, 0.6) is 5.75 Å². The van der Waals surface area contributed by atoms with E-state index >= 15 is 0 Å². The first kappa shape index (κ1) is 40.6. The molecule has 7 rings (SSSR count). The van der Waals surface area contributed by atoms with E-state index in [2.05, 4.69) is 45.1 Å². The molecule has 1 heterocycles. The molecule has 2 amide bonds. The van der Waals surface area contributed by atoms with Crippen molar-refractivity contribution in [3.63, 3.8) is 0 Å². The molecule has 6 aromatic rings. The molecule has 0 radical (unpaired) electrons. The number of ketones is 1. The number of para-hydroxylation sites is 2. The SMILES string of the molecule is O=C(CNCc1ccc(O)cc1)Nc1cccc(C(=O)CNCCN2CCC(OC(=O)N(c3ccccc3-c3ccccc3)c3ccccc3-c3ccccc3)CC2)c1. The molecule has 10 heteroatoms. The van der Waals surface area contributed by atoms with Crippen molar-refractivity contribution >= 4 is 34.8 Å². The lowest BCUT2D eigenvalue weighted by atomic mass is 10.00. The van der Waals surface area contributed by atoms with Gasteiger partial charge in [0.05, 0.1) is 24.5 Å². The highest BCUT2D eigenvalue weighted by Gasteiger charge is 2.29. The van der Waals surface area contributed by atoms with Crippen LogP contribution in [0.2, 0.25) is 0 Å². The van der Waals surface area contributed by atoms with Crippen molar-refractivity contribution in [2.75, 3.05) is 49.5 Å². The number of nitrogens with one attached hydrogen (secondary N) is 3. The summed E-state index contributed by atoms with van der Waals surface area (Å²) < 4.78 is 6.34. The minimum Gasteiger partial charge on any atom is -0.508 e. The first-order valence-electron chi connectivity index (χ1n) is 20.1. The van der Waals surface area contributed by atoms with Crippen LogP contribution >= 0.6 is 0 Å². The predicted octanol–water partition coefficient (Wildman–Crippen LogP) is 8.67. The predicted molar refractivity (Wildman–Crippen MR) is 234 cm³/mol. The molecule has 10 nitrogen and oxygen atoms in total. The van der Waals surface area contributed by atoms with Gasteiger partial charge in [-0.2, -0.15) is 0 Å². The number of ether oxygens (including phenoxy) is 1. The van der Waals surface area contributed by atoms with Gasteiger partial charge in [-0.25, -0.2) is 9.69 Å². The smallest absolute Gasteiger partial charge is 0.419 e. The number of anilines is 3. The lowest BCUT2D eigenvalue weighted by Crippen LogP contribution is -2.42. The summed E-state index contributed by atoms with van der Waals surface area (Å²) in [6.45, 7) is 3.66. The van der Waals surface area contributed by atoms with E-state index in [4.69, 9.17) is 4.74 Å². The van der Waals surface area contributed by atoms with Gasteiger partial charge in [0.15, 0.2) is 5.78 Å². The lowest BCUT2D eigenvalue weighted by molar-refractivity contribution is -0.115. The standard InChI is InChI=1S/C49H49N5O5/c55-41-24-22-36(23-25-41)33-51-35-48(57)52-40-17-11-16-39(32-40)47(56)34-50-28-31-53-29-26-42(27-30-53)59-49(58)54(45-20-9-7-18-43(45)37-12-3-1-4-13-37)46-21-10-8-19-44(46)38-14-5-2-6-15-38/h1-25,32,42,50-51,55H,26-31,33-35H2,(H,52,57). The minimum absolute atomic E-state index is 0.0654. The Bertz CT molecular complexity index is 2230. The molecule has 1 aliphatic rings. The average molecular weight is 788 g/mol. The van der Waals surface area contributed by atoms with Gasteiger partial charge >= 0.3 is 6.09 Å².